The van der Waals surface area contributed by atoms with Gasteiger partial charge in [-0.25, -0.2) is 4.98 Å². The lowest BCUT2D eigenvalue weighted by Gasteiger charge is -2.09. The molecule has 0 saturated heterocycles. The van der Waals surface area contributed by atoms with Gasteiger partial charge in [-0.05, 0) is 24.3 Å². The second-order valence-electron chi connectivity index (χ2n) is 3.89. The molecule has 1 aromatic carbocycles. The number of hydrogen-bond acceptors (Lipinski definition) is 5. The number of hydrogen-bond donors (Lipinski definition) is 0. The van der Waals surface area contributed by atoms with Crippen LogP contribution < -0.4 is 9.47 Å². The van der Waals surface area contributed by atoms with E-state index < -0.39 is 0 Å². The summed E-state index contributed by atoms with van der Waals surface area (Å²) >= 11 is 0. The van der Waals surface area contributed by atoms with Gasteiger partial charge in [-0.3, -0.25) is 0 Å². The number of rotatable bonds is 3. The molecule has 6 heteroatoms. The quantitative estimate of drug-likeness (QED) is 0.715. The van der Waals surface area contributed by atoms with Crippen LogP contribution >= 0.6 is 0 Å². The molecule has 0 saturated carbocycles. The summed E-state index contributed by atoms with van der Waals surface area (Å²) in [5.41, 5.74) is 2.19. The van der Waals surface area contributed by atoms with Crippen LogP contribution in [-0.4, -0.2) is 34.2 Å². The number of pyridine rings is 1. The molecule has 0 unspecified atom stereocenters. The van der Waals surface area contributed by atoms with Crippen LogP contribution in [0.5, 0.6) is 11.5 Å². The summed E-state index contributed by atoms with van der Waals surface area (Å²) in [6.45, 7) is 0. The van der Waals surface area contributed by atoms with Gasteiger partial charge in [0.15, 0.2) is 5.65 Å². The number of nitrogens with zero attached hydrogens (tertiary/aromatic N) is 4. The van der Waals surface area contributed by atoms with Crippen LogP contribution in [0.15, 0.2) is 36.5 Å². The summed E-state index contributed by atoms with van der Waals surface area (Å²) in [4.78, 5) is 4.29. The Hall–Kier alpha value is -2.63. The summed E-state index contributed by atoms with van der Waals surface area (Å²) in [7, 11) is 3.21. The SMILES string of the molecule is COc1ccc(-n2nnc3cccnc32)c(OC)c1. The van der Waals surface area contributed by atoms with E-state index in [-0.39, 0.29) is 0 Å². The Kier molecular flexibility index (Phi) is 2.75. The molecule has 0 amide bonds. The van der Waals surface area contributed by atoms with Crippen LogP contribution in [-0.2, 0) is 0 Å². The van der Waals surface area contributed by atoms with E-state index in [0.29, 0.717) is 11.4 Å². The first kappa shape index (κ1) is 11.5. The van der Waals surface area contributed by atoms with Crippen LogP contribution in [0, 0.1) is 0 Å². The van der Waals surface area contributed by atoms with Crippen molar-refractivity contribution < 1.29 is 9.47 Å². The highest BCUT2D eigenvalue weighted by Gasteiger charge is 2.12. The van der Waals surface area contributed by atoms with Crippen molar-refractivity contribution in [1.29, 1.82) is 0 Å². The van der Waals surface area contributed by atoms with E-state index in [1.807, 2.05) is 24.3 Å². The van der Waals surface area contributed by atoms with Crippen LogP contribution in [0.1, 0.15) is 0 Å². The summed E-state index contributed by atoms with van der Waals surface area (Å²) in [5, 5.41) is 8.19. The van der Waals surface area contributed by atoms with Crippen molar-refractivity contribution in [3.05, 3.63) is 36.5 Å². The van der Waals surface area contributed by atoms with Gasteiger partial charge in [-0.2, -0.15) is 4.68 Å². The molecule has 6 nitrogen and oxygen atoms in total. The van der Waals surface area contributed by atoms with Crippen molar-refractivity contribution in [1.82, 2.24) is 20.0 Å². The summed E-state index contributed by atoms with van der Waals surface area (Å²) in [5.74, 6) is 1.37. The minimum absolute atomic E-state index is 0.650. The molecule has 0 aliphatic carbocycles. The van der Waals surface area contributed by atoms with Crippen molar-refractivity contribution >= 4 is 11.2 Å². The smallest absolute Gasteiger partial charge is 0.183 e. The largest absolute Gasteiger partial charge is 0.497 e. The maximum atomic E-state index is 5.36. The van der Waals surface area contributed by atoms with Crippen molar-refractivity contribution in [2.24, 2.45) is 0 Å². The van der Waals surface area contributed by atoms with Gasteiger partial charge in [0, 0.05) is 12.3 Å². The first-order chi connectivity index (χ1) is 9.33. The fraction of sp³-hybridized carbons (Fsp3) is 0.154. The van der Waals surface area contributed by atoms with Gasteiger partial charge in [-0.1, -0.05) is 5.21 Å². The minimum Gasteiger partial charge on any atom is -0.497 e. The number of aromatic nitrogens is 4. The molecular weight excluding hydrogens is 244 g/mol. The zero-order valence-electron chi connectivity index (χ0n) is 10.6. The van der Waals surface area contributed by atoms with Gasteiger partial charge in [0.25, 0.3) is 0 Å². The zero-order chi connectivity index (χ0) is 13.2. The van der Waals surface area contributed by atoms with E-state index >= 15 is 0 Å². The molecule has 2 heterocycles. The Morgan fingerprint density at radius 2 is 2.00 bits per heavy atom. The molecule has 0 fully saturated rings. The average Bonchev–Trinajstić information content (AvgIpc) is 2.90. The third-order valence-corrected chi connectivity index (χ3v) is 2.82. The molecule has 0 radical (unpaired) electrons. The maximum absolute atomic E-state index is 5.36. The van der Waals surface area contributed by atoms with E-state index in [1.54, 1.807) is 31.2 Å². The Morgan fingerprint density at radius 1 is 1.11 bits per heavy atom. The summed E-state index contributed by atoms with van der Waals surface area (Å²) in [6.07, 6.45) is 1.71. The molecule has 0 aliphatic rings. The molecule has 0 atom stereocenters. The molecule has 0 spiro atoms. The number of benzene rings is 1. The van der Waals surface area contributed by atoms with Crippen molar-refractivity contribution in [2.75, 3.05) is 14.2 Å². The third kappa shape index (κ3) is 1.87. The van der Waals surface area contributed by atoms with Crippen molar-refractivity contribution in [3.63, 3.8) is 0 Å². The number of methoxy groups -OCH3 is 2. The molecule has 0 aliphatic heterocycles. The molecule has 96 valence electrons. The average molecular weight is 256 g/mol. The minimum atomic E-state index is 0.650. The van der Waals surface area contributed by atoms with Gasteiger partial charge in [-0.15, -0.1) is 5.10 Å². The highest BCUT2D eigenvalue weighted by molar-refractivity contribution is 5.72. The second kappa shape index (κ2) is 4.56. The van der Waals surface area contributed by atoms with Gasteiger partial charge in [0.1, 0.15) is 22.7 Å². The lowest BCUT2D eigenvalue weighted by molar-refractivity contribution is 0.392. The Balaban J connectivity index is 2.21. The van der Waals surface area contributed by atoms with E-state index in [1.165, 1.54) is 0 Å². The highest BCUT2D eigenvalue weighted by atomic mass is 16.5. The van der Waals surface area contributed by atoms with E-state index in [4.69, 9.17) is 9.47 Å². The van der Waals surface area contributed by atoms with Gasteiger partial charge >= 0.3 is 0 Å². The normalized spacial score (nSPS) is 10.6. The van der Waals surface area contributed by atoms with Gasteiger partial charge < -0.3 is 9.47 Å². The first-order valence-electron chi connectivity index (χ1n) is 5.72. The first-order valence-corrected chi connectivity index (χ1v) is 5.72. The molecule has 2 aromatic heterocycles. The lowest BCUT2D eigenvalue weighted by Crippen LogP contribution is -2.01. The Bertz CT molecular complexity index is 723. The van der Waals surface area contributed by atoms with Crippen LogP contribution in [0.25, 0.3) is 16.9 Å². The zero-order valence-corrected chi connectivity index (χ0v) is 10.6. The molecule has 19 heavy (non-hydrogen) atoms. The predicted molar refractivity (Wildman–Crippen MR) is 69.8 cm³/mol. The summed E-state index contributed by atoms with van der Waals surface area (Å²) in [6, 6.07) is 9.19. The predicted octanol–water partition coefficient (Wildman–Crippen LogP) is 1.83. The fourth-order valence-electron chi connectivity index (χ4n) is 1.89. The molecule has 3 rings (SSSR count). The highest BCUT2D eigenvalue weighted by Crippen LogP contribution is 2.28. The molecule has 0 bridgehead atoms. The lowest BCUT2D eigenvalue weighted by atomic mass is 10.2. The summed E-state index contributed by atoms with van der Waals surface area (Å²) < 4.78 is 12.2. The Labute approximate surface area is 109 Å². The van der Waals surface area contributed by atoms with Crippen LogP contribution in [0.3, 0.4) is 0 Å². The van der Waals surface area contributed by atoms with E-state index in [9.17, 15) is 0 Å². The van der Waals surface area contributed by atoms with Crippen LogP contribution in [0.2, 0.25) is 0 Å². The fourth-order valence-corrected chi connectivity index (χ4v) is 1.89. The number of ether oxygens (including phenoxy) is 2. The topological polar surface area (TPSA) is 62.1 Å². The van der Waals surface area contributed by atoms with Crippen LogP contribution in [0.4, 0.5) is 0 Å². The monoisotopic (exact) mass is 256 g/mol. The van der Waals surface area contributed by atoms with E-state index in [2.05, 4.69) is 15.3 Å². The van der Waals surface area contributed by atoms with Gasteiger partial charge in [0.05, 0.1) is 14.2 Å². The van der Waals surface area contributed by atoms with E-state index in [0.717, 1.165) is 17.0 Å². The van der Waals surface area contributed by atoms with Crippen molar-refractivity contribution in [2.45, 2.75) is 0 Å². The molecule has 3 aromatic rings. The van der Waals surface area contributed by atoms with Gasteiger partial charge in [0.2, 0.25) is 0 Å². The second-order valence-corrected chi connectivity index (χ2v) is 3.89. The standard InChI is InChI=1S/C13H12N4O2/c1-18-9-5-6-11(12(8-9)19-2)17-13-10(15-16-17)4-3-7-14-13/h3-8H,1-2H3. The molecular formula is C13H12N4O2. The number of fused-ring (bicyclic) bond motifs is 1. The third-order valence-electron chi connectivity index (χ3n) is 2.82. The Morgan fingerprint density at radius 3 is 2.79 bits per heavy atom. The maximum Gasteiger partial charge on any atom is 0.183 e. The molecule has 0 N–H and O–H groups in total. The van der Waals surface area contributed by atoms with Crippen molar-refractivity contribution in [3.8, 4) is 17.2 Å².